The van der Waals surface area contributed by atoms with Gasteiger partial charge in [0.15, 0.2) is 0 Å². The summed E-state index contributed by atoms with van der Waals surface area (Å²) in [6, 6.07) is 2.90. The average Bonchev–Trinajstić information content (AvgIpc) is 3.13. The molecule has 1 aliphatic rings. The van der Waals surface area contributed by atoms with Crippen molar-refractivity contribution in [2.75, 3.05) is 31.2 Å². The zero-order valence-corrected chi connectivity index (χ0v) is 11.7. The number of carbonyl (C=O) groups excluding carboxylic acids is 1. The Hall–Kier alpha value is -1.76. The molecule has 1 aromatic rings. The standard InChI is InChI=1S/C14H18F3N3O/c1-20(7-9-2-3-9)8-13(21)19-12-5-4-10(6-11(12)18)14(15,16)17/h4-6,9H,2-3,7-8,18H2,1H3,(H,19,21). The van der Waals surface area contributed by atoms with Gasteiger partial charge in [-0.05, 0) is 44.0 Å². The van der Waals surface area contributed by atoms with E-state index in [0.717, 1.165) is 18.7 Å². The number of halogens is 3. The summed E-state index contributed by atoms with van der Waals surface area (Å²) in [6.45, 7) is 1.05. The van der Waals surface area contributed by atoms with Crippen molar-refractivity contribution in [2.45, 2.75) is 19.0 Å². The van der Waals surface area contributed by atoms with Crippen LogP contribution in [0.25, 0.3) is 0 Å². The van der Waals surface area contributed by atoms with Crippen LogP contribution in [0.15, 0.2) is 18.2 Å². The Kier molecular flexibility index (Phi) is 4.41. The van der Waals surface area contributed by atoms with E-state index in [4.69, 9.17) is 5.73 Å². The number of amides is 1. The molecule has 0 atom stereocenters. The minimum Gasteiger partial charge on any atom is -0.397 e. The second kappa shape index (κ2) is 5.93. The van der Waals surface area contributed by atoms with Gasteiger partial charge in [0, 0.05) is 6.54 Å². The number of benzene rings is 1. The van der Waals surface area contributed by atoms with Gasteiger partial charge in [0.05, 0.1) is 23.5 Å². The SMILES string of the molecule is CN(CC(=O)Nc1ccc(C(F)(F)F)cc1N)CC1CC1. The van der Waals surface area contributed by atoms with Crippen molar-refractivity contribution in [1.82, 2.24) is 4.90 Å². The van der Waals surface area contributed by atoms with Crippen LogP contribution in [0.4, 0.5) is 24.5 Å². The largest absolute Gasteiger partial charge is 0.416 e. The van der Waals surface area contributed by atoms with Crippen molar-refractivity contribution in [3.63, 3.8) is 0 Å². The zero-order chi connectivity index (χ0) is 15.6. The molecule has 116 valence electrons. The summed E-state index contributed by atoms with van der Waals surface area (Å²) in [4.78, 5) is 13.7. The third-order valence-corrected chi connectivity index (χ3v) is 3.33. The van der Waals surface area contributed by atoms with Crippen LogP contribution in [0.1, 0.15) is 18.4 Å². The van der Waals surface area contributed by atoms with Crippen LogP contribution in [-0.4, -0.2) is 30.9 Å². The Morgan fingerprint density at radius 1 is 1.43 bits per heavy atom. The Morgan fingerprint density at radius 3 is 2.62 bits per heavy atom. The van der Waals surface area contributed by atoms with Crippen molar-refractivity contribution < 1.29 is 18.0 Å². The number of rotatable bonds is 5. The molecule has 0 heterocycles. The van der Waals surface area contributed by atoms with E-state index < -0.39 is 11.7 Å². The monoisotopic (exact) mass is 301 g/mol. The van der Waals surface area contributed by atoms with E-state index in [0.29, 0.717) is 5.92 Å². The highest BCUT2D eigenvalue weighted by Gasteiger charge is 2.31. The molecule has 0 bridgehead atoms. The Labute approximate surface area is 121 Å². The van der Waals surface area contributed by atoms with Gasteiger partial charge in [0.1, 0.15) is 0 Å². The lowest BCUT2D eigenvalue weighted by Gasteiger charge is -2.16. The lowest BCUT2D eigenvalue weighted by atomic mass is 10.1. The third kappa shape index (κ3) is 4.63. The number of carbonyl (C=O) groups is 1. The third-order valence-electron chi connectivity index (χ3n) is 3.33. The number of hydrogen-bond acceptors (Lipinski definition) is 3. The first kappa shape index (κ1) is 15.6. The zero-order valence-electron chi connectivity index (χ0n) is 11.7. The van der Waals surface area contributed by atoms with E-state index in [1.165, 1.54) is 18.9 Å². The first-order chi connectivity index (χ1) is 9.75. The Bertz CT molecular complexity index is 527. The van der Waals surface area contributed by atoms with E-state index >= 15 is 0 Å². The number of alkyl halides is 3. The van der Waals surface area contributed by atoms with E-state index in [2.05, 4.69) is 5.32 Å². The summed E-state index contributed by atoms with van der Waals surface area (Å²) < 4.78 is 37.5. The second-order valence-electron chi connectivity index (χ2n) is 5.49. The molecule has 0 spiro atoms. The minimum atomic E-state index is -4.44. The van der Waals surface area contributed by atoms with Crippen LogP contribution < -0.4 is 11.1 Å². The first-order valence-electron chi connectivity index (χ1n) is 6.71. The number of nitrogens with two attached hydrogens (primary N) is 1. The van der Waals surface area contributed by atoms with Crippen LogP contribution in [0.3, 0.4) is 0 Å². The molecule has 0 saturated heterocycles. The Balaban J connectivity index is 1.93. The quantitative estimate of drug-likeness (QED) is 0.822. The van der Waals surface area contributed by atoms with Crippen molar-refractivity contribution >= 4 is 17.3 Å². The average molecular weight is 301 g/mol. The van der Waals surface area contributed by atoms with Gasteiger partial charge < -0.3 is 11.1 Å². The number of likely N-dealkylation sites (N-methyl/N-ethyl adjacent to an activating group) is 1. The summed E-state index contributed by atoms with van der Waals surface area (Å²) in [7, 11) is 1.84. The maximum atomic E-state index is 12.5. The normalized spacial score (nSPS) is 15.3. The summed E-state index contributed by atoms with van der Waals surface area (Å²) in [6.07, 6.45) is -2.06. The van der Waals surface area contributed by atoms with Gasteiger partial charge in [-0.2, -0.15) is 13.2 Å². The molecule has 3 N–H and O–H groups in total. The van der Waals surface area contributed by atoms with Crippen LogP contribution in [0.5, 0.6) is 0 Å². The molecule has 1 aliphatic carbocycles. The first-order valence-corrected chi connectivity index (χ1v) is 6.71. The number of nitrogen functional groups attached to an aromatic ring is 1. The lowest BCUT2D eigenvalue weighted by Crippen LogP contribution is -2.31. The van der Waals surface area contributed by atoms with E-state index in [-0.39, 0.29) is 23.8 Å². The summed E-state index contributed by atoms with van der Waals surface area (Å²) in [5, 5.41) is 2.54. The highest BCUT2D eigenvalue weighted by molar-refractivity contribution is 5.95. The summed E-state index contributed by atoms with van der Waals surface area (Å²) >= 11 is 0. The van der Waals surface area contributed by atoms with Gasteiger partial charge in [0.2, 0.25) is 5.91 Å². The van der Waals surface area contributed by atoms with Crippen LogP contribution in [-0.2, 0) is 11.0 Å². The second-order valence-corrected chi connectivity index (χ2v) is 5.49. The number of anilines is 2. The van der Waals surface area contributed by atoms with Gasteiger partial charge in [-0.1, -0.05) is 0 Å². The fourth-order valence-electron chi connectivity index (χ4n) is 2.09. The lowest BCUT2D eigenvalue weighted by molar-refractivity contribution is -0.137. The fraction of sp³-hybridized carbons (Fsp3) is 0.500. The highest BCUT2D eigenvalue weighted by Crippen LogP contribution is 2.33. The van der Waals surface area contributed by atoms with Crippen molar-refractivity contribution in [3.05, 3.63) is 23.8 Å². The molecule has 1 aromatic carbocycles. The molecule has 1 fully saturated rings. The molecular formula is C14H18F3N3O. The van der Waals surface area contributed by atoms with Crippen LogP contribution >= 0.6 is 0 Å². The molecule has 0 aliphatic heterocycles. The van der Waals surface area contributed by atoms with Gasteiger partial charge in [-0.3, -0.25) is 9.69 Å². The topological polar surface area (TPSA) is 58.4 Å². The Morgan fingerprint density at radius 2 is 2.10 bits per heavy atom. The number of nitrogens with zero attached hydrogens (tertiary/aromatic N) is 1. The molecule has 2 rings (SSSR count). The van der Waals surface area contributed by atoms with Crippen molar-refractivity contribution in [1.29, 1.82) is 0 Å². The predicted octanol–water partition coefficient (Wildman–Crippen LogP) is 2.57. The minimum absolute atomic E-state index is 0.0944. The molecule has 1 amide bonds. The summed E-state index contributed by atoms with van der Waals surface area (Å²) in [5.41, 5.74) is 4.84. The van der Waals surface area contributed by atoms with Crippen molar-refractivity contribution in [3.8, 4) is 0 Å². The van der Waals surface area contributed by atoms with E-state index in [1.54, 1.807) is 0 Å². The van der Waals surface area contributed by atoms with Gasteiger partial charge in [0.25, 0.3) is 0 Å². The molecule has 0 unspecified atom stereocenters. The van der Waals surface area contributed by atoms with Crippen LogP contribution in [0.2, 0.25) is 0 Å². The molecule has 7 heteroatoms. The summed E-state index contributed by atoms with van der Waals surface area (Å²) in [5.74, 6) is 0.378. The van der Waals surface area contributed by atoms with Crippen molar-refractivity contribution in [2.24, 2.45) is 5.92 Å². The van der Waals surface area contributed by atoms with Gasteiger partial charge in [-0.15, -0.1) is 0 Å². The molecule has 1 saturated carbocycles. The predicted molar refractivity (Wildman–Crippen MR) is 74.7 cm³/mol. The molecular weight excluding hydrogens is 283 g/mol. The van der Waals surface area contributed by atoms with Gasteiger partial charge in [-0.25, -0.2) is 0 Å². The fourth-order valence-corrected chi connectivity index (χ4v) is 2.09. The molecule has 0 radical (unpaired) electrons. The molecule has 21 heavy (non-hydrogen) atoms. The van der Waals surface area contributed by atoms with Crippen LogP contribution in [0, 0.1) is 5.92 Å². The highest BCUT2D eigenvalue weighted by atomic mass is 19.4. The molecule has 4 nitrogen and oxygen atoms in total. The van der Waals surface area contributed by atoms with E-state index in [9.17, 15) is 18.0 Å². The smallest absolute Gasteiger partial charge is 0.397 e. The maximum Gasteiger partial charge on any atom is 0.416 e. The van der Waals surface area contributed by atoms with Gasteiger partial charge >= 0.3 is 6.18 Å². The maximum absolute atomic E-state index is 12.5. The molecule has 0 aromatic heterocycles. The number of nitrogens with one attached hydrogen (secondary N) is 1. The number of hydrogen-bond donors (Lipinski definition) is 2. The van der Waals surface area contributed by atoms with E-state index in [1.807, 2.05) is 11.9 Å².